The minimum Gasteiger partial charge on any atom is -0.545 e. The Bertz CT molecular complexity index is 447. The number of carboxylic acid groups (broad SMARTS) is 1. The molecule has 0 unspecified atom stereocenters. The molecule has 0 amide bonds. The fourth-order valence-corrected chi connectivity index (χ4v) is 2.72. The highest BCUT2D eigenvalue weighted by Crippen LogP contribution is 2.28. The van der Waals surface area contributed by atoms with Crippen LogP contribution < -0.4 is 5.11 Å². The number of rotatable bonds is 3. The molecule has 17 heavy (non-hydrogen) atoms. The molecule has 0 bridgehead atoms. The van der Waals surface area contributed by atoms with Crippen molar-refractivity contribution in [2.45, 2.75) is 6.54 Å². The Hall–Kier alpha value is -1.20. The SMILES string of the molecule is O=C([O-])/C=C1/SCCN1Cc1ccc(Cl)nc1. The number of aliphatic carboxylic acids is 1. The lowest BCUT2D eigenvalue weighted by Gasteiger charge is -2.19. The van der Waals surface area contributed by atoms with Gasteiger partial charge >= 0.3 is 0 Å². The van der Waals surface area contributed by atoms with E-state index < -0.39 is 5.97 Å². The molecule has 0 N–H and O–H groups in total. The number of thioether (sulfide) groups is 1. The van der Waals surface area contributed by atoms with E-state index in [0.717, 1.165) is 29.0 Å². The summed E-state index contributed by atoms with van der Waals surface area (Å²) in [5.74, 6) is -0.270. The van der Waals surface area contributed by atoms with Crippen molar-refractivity contribution in [3.05, 3.63) is 40.2 Å². The van der Waals surface area contributed by atoms with Crippen LogP contribution in [0.4, 0.5) is 0 Å². The molecule has 0 atom stereocenters. The molecule has 0 saturated carbocycles. The monoisotopic (exact) mass is 269 g/mol. The van der Waals surface area contributed by atoms with E-state index in [2.05, 4.69) is 4.98 Å². The summed E-state index contributed by atoms with van der Waals surface area (Å²) in [6, 6.07) is 3.61. The first-order valence-corrected chi connectivity index (χ1v) is 6.42. The van der Waals surface area contributed by atoms with Gasteiger partial charge in [0.05, 0.1) is 11.0 Å². The fraction of sp³-hybridized carbons (Fsp3) is 0.273. The first-order chi connectivity index (χ1) is 8.15. The van der Waals surface area contributed by atoms with E-state index in [4.69, 9.17) is 11.6 Å². The molecule has 1 saturated heterocycles. The summed E-state index contributed by atoms with van der Waals surface area (Å²) in [7, 11) is 0. The van der Waals surface area contributed by atoms with Crippen LogP contribution in [0.5, 0.6) is 0 Å². The number of carboxylic acids is 1. The molecule has 0 aromatic carbocycles. The average Bonchev–Trinajstić information content (AvgIpc) is 2.68. The Morgan fingerprint density at radius 3 is 3.12 bits per heavy atom. The summed E-state index contributed by atoms with van der Waals surface area (Å²) >= 11 is 7.22. The highest BCUT2D eigenvalue weighted by Gasteiger charge is 2.17. The predicted octanol–water partition coefficient (Wildman–Crippen LogP) is 0.875. The van der Waals surface area contributed by atoms with Gasteiger partial charge in [0.1, 0.15) is 5.15 Å². The van der Waals surface area contributed by atoms with Gasteiger partial charge in [0.15, 0.2) is 0 Å². The van der Waals surface area contributed by atoms with Gasteiger partial charge in [-0.2, -0.15) is 0 Å². The maximum atomic E-state index is 10.5. The minimum absolute atomic E-state index is 0.454. The van der Waals surface area contributed by atoms with E-state index in [0.29, 0.717) is 11.7 Å². The molecule has 2 heterocycles. The Balaban J connectivity index is 2.07. The zero-order valence-corrected chi connectivity index (χ0v) is 10.5. The minimum atomic E-state index is -1.16. The van der Waals surface area contributed by atoms with Gasteiger partial charge in [0.2, 0.25) is 0 Å². The normalized spacial score (nSPS) is 17.7. The van der Waals surface area contributed by atoms with Crippen LogP contribution in [0.2, 0.25) is 5.15 Å². The molecular formula is C11H10ClN2O2S-. The molecule has 1 aromatic rings. The number of hydrogen-bond donors (Lipinski definition) is 0. The second-order valence-electron chi connectivity index (χ2n) is 3.56. The van der Waals surface area contributed by atoms with Gasteiger partial charge in [-0.3, -0.25) is 0 Å². The van der Waals surface area contributed by atoms with Crippen LogP contribution in [0.3, 0.4) is 0 Å². The molecular weight excluding hydrogens is 260 g/mol. The van der Waals surface area contributed by atoms with Crippen molar-refractivity contribution in [3.63, 3.8) is 0 Å². The highest BCUT2D eigenvalue weighted by molar-refractivity contribution is 8.03. The summed E-state index contributed by atoms with van der Waals surface area (Å²) in [6.07, 6.45) is 2.84. The third-order valence-corrected chi connectivity index (χ3v) is 3.61. The largest absolute Gasteiger partial charge is 0.545 e. The Morgan fingerprint density at radius 2 is 2.47 bits per heavy atom. The maximum Gasteiger partial charge on any atom is 0.129 e. The molecule has 1 fully saturated rings. The van der Waals surface area contributed by atoms with E-state index in [9.17, 15) is 9.90 Å². The number of carbonyl (C=O) groups is 1. The zero-order valence-electron chi connectivity index (χ0n) is 8.93. The summed E-state index contributed by atoms with van der Waals surface area (Å²) in [6.45, 7) is 1.46. The first-order valence-electron chi connectivity index (χ1n) is 5.06. The van der Waals surface area contributed by atoms with Gasteiger partial charge in [-0.25, -0.2) is 4.98 Å². The lowest BCUT2D eigenvalue weighted by Crippen LogP contribution is -2.23. The highest BCUT2D eigenvalue weighted by atomic mass is 35.5. The quantitative estimate of drug-likeness (QED) is 0.602. The molecule has 1 aromatic heterocycles. The van der Waals surface area contributed by atoms with Crippen molar-refractivity contribution >= 4 is 29.3 Å². The zero-order chi connectivity index (χ0) is 12.3. The number of carbonyl (C=O) groups excluding carboxylic acids is 1. The number of nitrogens with zero attached hydrogens (tertiary/aromatic N) is 2. The van der Waals surface area contributed by atoms with Crippen molar-refractivity contribution in [3.8, 4) is 0 Å². The topological polar surface area (TPSA) is 56.3 Å². The summed E-state index contributed by atoms with van der Waals surface area (Å²) < 4.78 is 0. The number of pyridine rings is 1. The second-order valence-corrected chi connectivity index (χ2v) is 5.06. The first kappa shape index (κ1) is 12.3. The summed E-state index contributed by atoms with van der Waals surface area (Å²) in [5, 5.41) is 11.7. The molecule has 1 aliphatic heterocycles. The molecule has 0 spiro atoms. The van der Waals surface area contributed by atoms with Crippen molar-refractivity contribution in [2.24, 2.45) is 0 Å². The third kappa shape index (κ3) is 3.38. The Kier molecular flexibility index (Phi) is 3.91. The van der Waals surface area contributed by atoms with Gasteiger partial charge in [0, 0.05) is 25.0 Å². The molecule has 0 aliphatic carbocycles. The van der Waals surface area contributed by atoms with Crippen molar-refractivity contribution in [2.75, 3.05) is 12.3 Å². The van der Waals surface area contributed by atoms with Gasteiger partial charge in [-0.1, -0.05) is 17.7 Å². The van der Waals surface area contributed by atoms with E-state index in [1.165, 1.54) is 11.8 Å². The van der Waals surface area contributed by atoms with Crippen LogP contribution in [0, 0.1) is 0 Å². The van der Waals surface area contributed by atoms with Gasteiger partial charge in [-0.15, -0.1) is 11.8 Å². The van der Waals surface area contributed by atoms with Crippen molar-refractivity contribution < 1.29 is 9.90 Å². The van der Waals surface area contributed by atoms with Crippen LogP contribution in [-0.2, 0) is 11.3 Å². The lowest BCUT2D eigenvalue weighted by atomic mass is 10.2. The number of halogens is 1. The van der Waals surface area contributed by atoms with E-state index in [1.54, 1.807) is 12.3 Å². The van der Waals surface area contributed by atoms with Crippen LogP contribution in [-0.4, -0.2) is 28.2 Å². The molecule has 2 rings (SSSR count). The predicted molar refractivity (Wildman–Crippen MR) is 65.2 cm³/mol. The van der Waals surface area contributed by atoms with E-state index in [-0.39, 0.29) is 0 Å². The van der Waals surface area contributed by atoms with Gasteiger partial charge < -0.3 is 14.8 Å². The standard InChI is InChI=1S/C11H11ClN2O2S/c12-9-2-1-8(6-13-9)7-14-3-4-17-10(14)5-11(15)16/h1-2,5-6H,3-4,7H2,(H,15,16)/p-1/b10-5+. The lowest BCUT2D eigenvalue weighted by molar-refractivity contribution is -0.297. The Morgan fingerprint density at radius 1 is 1.65 bits per heavy atom. The Labute approximate surface area is 108 Å². The summed E-state index contributed by atoms with van der Waals surface area (Å²) in [5.41, 5.74) is 1.00. The molecule has 4 nitrogen and oxygen atoms in total. The second kappa shape index (κ2) is 5.42. The van der Waals surface area contributed by atoms with Crippen LogP contribution in [0.25, 0.3) is 0 Å². The van der Waals surface area contributed by atoms with Crippen molar-refractivity contribution in [1.82, 2.24) is 9.88 Å². The van der Waals surface area contributed by atoms with Crippen LogP contribution >= 0.6 is 23.4 Å². The van der Waals surface area contributed by atoms with Gasteiger partial charge in [0.25, 0.3) is 0 Å². The summed E-state index contributed by atoms with van der Waals surface area (Å²) in [4.78, 5) is 16.5. The molecule has 1 aliphatic rings. The fourth-order valence-electron chi connectivity index (χ4n) is 1.57. The third-order valence-electron chi connectivity index (χ3n) is 2.33. The van der Waals surface area contributed by atoms with Gasteiger partial charge in [-0.05, 0) is 17.7 Å². The maximum absolute atomic E-state index is 10.5. The van der Waals surface area contributed by atoms with Crippen LogP contribution in [0.15, 0.2) is 29.4 Å². The average molecular weight is 270 g/mol. The smallest absolute Gasteiger partial charge is 0.129 e. The number of hydrogen-bond acceptors (Lipinski definition) is 5. The molecule has 90 valence electrons. The number of aromatic nitrogens is 1. The molecule has 0 radical (unpaired) electrons. The molecule has 6 heteroatoms. The van der Waals surface area contributed by atoms with Crippen LogP contribution in [0.1, 0.15) is 5.56 Å². The van der Waals surface area contributed by atoms with Crippen molar-refractivity contribution in [1.29, 1.82) is 0 Å². The van der Waals surface area contributed by atoms with E-state index >= 15 is 0 Å². The van der Waals surface area contributed by atoms with E-state index in [1.807, 2.05) is 11.0 Å².